The van der Waals surface area contributed by atoms with Crippen molar-refractivity contribution in [2.24, 2.45) is 0 Å². The van der Waals surface area contributed by atoms with E-state index >= 15 is 0 Å². The van der Waals surface area contributed by atoms with Crippen molar-refractivity contribution in [2.75, 3.05) is 12.3 Å². The van der Waals surface area contributed by atoms with Gasteiger partial charge in [-0.05, 0) is 23.1 Å². The summed E-state index contributed by atoms with van der Waals surface area (Å²) in [5, 5.41) is 17.2. The standard InChI is InChI=1S/C17H18N4O2/c18-8-14-13-6-7-21(10-12(13)9-20-16(14)19)15(17(22)23)11-4-2-1-3-5-11/h1-5,8-9,15,18H,6-7,10H2,(H2,19,20)(H,22,23). The van der Waals surface area contributed by atoms with Crippen LogP contribution in [-0.4, -0.2) is 33.7 Å². The largest absolute Gasteiger partial charge is 0.480 e. The lowest BCUT2D eigenvalue weighted by atomic mass is 9.94. The molecule has 1 unspecified atom stereocenters. The van der Waals surface area contributed by atoms with Crippen LogP contribution in [0.5, 0.6) is 0 Å². The zero-order valence-electron chi connectivity index (χ0n) is 12.6. The van der Waals surface area contributed by atoms with E-state index in [4.69, 9.17) is 11.1 Å². The molecule has 0 saturated carbocycles. The molecule has 118 valence electrons. The van der Waals surface area contributed by atoms with Crippen LogP contribution in [-0.2, 0) is 17.8 Å². The molecule has 1 aromatic carbocycles. The number of rotatable bonds is 4. The molecule has 0 fully saturated rings. The van der Waals surface area contributed by atoms with Crippen LogP contribution in [0.4, 0.5) is 5.82 Å². The monoisotopic (exact) mass is 310 g/mol. The van der Waals surface area contributed by atoms with Crippen molar-refractivity contribution in [3.8, 4) is 0 Å². The molecule has 0 amide bonds. The average molecular weight is 310 g/mol. The van der Waals surface area contributed by atoms with E-state index in [1.165, 1.54) is 6.21 Å². The van der Waals surface area contributed by atoms with Gasteiger partial charge in [0.2, 0.25) is 0 Å². The summed E-state index contributed by atoms with van der Waals surface area (Å²) in [5.74, 6) is -0.514. The number of aromatic nitrogens is 1. The fraction of sp³-hybridized carbons (Fsp3) is 0.235. The normalized spacial score (nSPS) is 15.7. The minimum absolute atomic E-state index is 0.352. The van der Waals surface area contributed by atoms with Crippen molar-refractivity contribution in [1.29, 1.82) is 5.41 Å². The molecular formula is C17H18N4O2. The molecule has 0 aliphatic carbocycles. The van der Waals surface area contributed by atoms with Crippen LogP contribution in [0.2, 0.25) is 0 Å². The lowest BCUT2D eigenvalue weighted by Gasteiger charge is -2.34. The van der Waals surface area contributed by atoms with Crippen LogP contribution in [0.15, 0.2) is 36.5 Å². The third-order valence-electron chi connectivity index (χ3n) is 4.23. The molecule has 0 bridgehead atoms. The zero-order chi connectivity index (χ0) is 16.4. The van der Waals surface area contributed by atoms with Crippen LogP contribution in [0.3, 0.4) is 0 Å². The second-order valence-electron chi connectivity index (χ2n) is 5.58. The number of carboxylic acid groups (broad SMARTS) is 1. The Kier molecular flexibility index (Phi) is 4.08. The molecule has 0 saturated heterocycles. The second-order valence-corrected chi connectivity index (χ2v) is 5.58. The Balaban J connectivity index is 1.94. The van der Waals surface area contributed by atoms with Crippen LogP contribution >= 0.6 is 0 Å². The summed E-state index contributed by atoms with van der Waals surface area (Å²) >= 11 is 0. The number of hydrogen-bond donors (Lipinski definition) is 3. The van der Waals surface area contributed by atoms with Gasteiger partial charge in [0.15, 0.2) is 0 Å². The van der Waals surface area contributed by atoms with Crippen LogP contribution in [0, 0.1) is 5.41 Å². The molecule has 6 heteroatoms. The number of nitrogens with one attached hydrogen (secondary N) is 1. The fourth-order valence-electron chi connectivity index (χ4n) is 3.13. The maximum Gasteiger partial charge on any atom is 0.325 e. The van der Waals surface area contributed by atoms with E-state index in [2.05, 4.69) is 4.98 Å². The SMILES string of the molecule is N=Cc1c(N)ncc2c1CCN(C(C(=O)O)c1ccccc1)C2. The van der Waals surface area contributed by atoms with Gasteiger partial charge in [0, 0.05) is 31.1 Å². The summed E-state index contributed by atoms with van der Waals surface area (Å²) in [6.07, 6.45) is 3.57. The third-order valence-corrected chi connectivity index (χ3v) is 4.23. The van der Waals surface area contributed by atoms with Gasteiger partial charge in [0.05, 0.1) is 0 Å². The maximum absolute atomic E-state index is 11.8. The van der Waals surface area contributed by atoms with Gasteiger partial charge < -0.3 is 16.2 Å². The van der Waals surface area contributed by atoms with Crippen molar-refractivity contribution < 1.29 is 9.90 Å². The summed E-state index contributed by atoms with van der Waals surface area (Å²) in [4.78, 5) is 17.8. The highest BCUT2D eigenvalue weighted by molar-refractivity contribution is 5.86. The zero-order valence-corrected chi connectivity index (χ0v) is 12.6. The molecular weight excluding hydrogens is 292 g/mol. The highest BCUT2D eigenvalue weighted by atomic mass is 16.4. The molecule has 1 aromatic heterocycles. The molecule has 6 nitrogen and oxygen atoms in total. The van der Waals surface area contributed by atoms with Crippen molar-refractivity contribution in [2.45, 2.75) is 19.0 Å². The Morgan fingerprint density at radius 2 is 2.13 bits per heavy atom. The smallest absolute Gasteiger partial charge is 0.325 e. The Bertz CT molecular complexity index is 746. The Morgan fingerprint density at radius 1 is 1.39 bits per heavy atom. The number of nitrogens with zero attached hydrogens (tertiary/aromatic N) is 2. The number of aliphatic carboxylic acids is 1. The Morgan fingerprint density at radius 3 is 2.78 bits per heavy atom. The van der Waals surface area contributed by atoms with Crippen LogP contribution < -0.4 is 5.73 Å². The second kappa shape index (κ2) is 6.18. The number of benzene rings is 1. The third kappa shape index (κ3) is 2.80. The number of nitrogens with two attached hydrogens (primary N) is 1. The first-order chi connectivity index (χ1) is 11.1. The fourth-order valence-corrected chi connectivity index (χ4v) is 3.13. The minimum atomic E-state index is -0.865. The van der Waals surface area contributed by atoms with Crippen molar-refractivity contribution in [3.05, 3.63) is 58.8 Å². The van der Waals surface area contributed by atoms with Gasteiger partial charge >= 0.3 is 5.97 Å². The van der Waals surface area contributed by atoms with E-state index in [0.29, 0.717) is 30.9 Å². The van der Waals surface area contributed by atoms with Gasteiger partial charge in [-0.25, -0.2) is 4.98 Å². The van der Waals surface area contributed by atoms with E-state index in [0.717, 1.165) is 16.7 Å². The average Bonchev–Trinajstić information content (AvgIpc) is 2.56. The molecule has 0 spiro atoms. The number of pyridine rings is 1. The Hall–Kier alpha value is -2.73. The molecule has 3 rings (SSSR count). The topological polar surface area (TPSA) is 103 Å². The van der Waals surface area contributed by atoms with Crippen molar-refractivity contribution >= 4 is 18.0 Å². The number of hydrogen-bond acceptors (Lipinski definition) is 5. The highest BCUT2D eigenvalue weighted by Gasteiger charge is 2.31. The number of nitrogen functional groups attached to an aromatic ring is 1. The summed E-state index contributed by atoms with van der Waals surface area (Å²) in [6.45, 7) is 1.08. The predicted octanol–water partition coefficient (Wildman–Crippen LogP) is 1.85. The van der Waals surface area contributed by atoms with Crippen molar-refractivity contribution in [1.82, 2.24) is 9.88 Å². The van der Waals surface area contributed by atoms with Gasteiger partial charge in [-0.1, -0.05) is 30.3 Å². The number of carboxylic acids is 1. The van der Waals surface area contributed by atoms with Gasteiger partial charge in [0.25, 0.3) is 0 Å². The first-order valence-corrected chi connectivity index (χ1v) is 7.40. The van der Waals surface area contributed by atoms with Gasteiger partial charge in [-0.3, -0.25) is 9.69 Å². The van der Waals surface area contributed by atoms with Crippen molar-refractivity contribution in [3.63, 3.8) is 0 Å². The van der Waals surface area contributed by atoms with Gasteiger partial charge in [-0.2, -0.15) is 0 Å². The molecule has 2 heterocycles. The molecule has 23 heavy (non-hydrogen) atoms. The predicted molar refractivity (Wildman–Crippen MR) is 87.5 cm³/mol. The number of anilines is 1. The minimum Gasteiger partial charge on any atom is -0.480 e. The van der Waals surface area contributed by atoms with Crippen LogP contribution in [0.1, 0.15) is 28.3 Å². The number of carbonyl (C=O) groups is 1. The summed E-state index contributed by atoms with van der Waals surface area (Å²) in [7, 11) is 0. The van der Waals surface area contributed by atoms with Gasteiger partial charge in [-0.15, -0.1) is 0 Å². The van der Waals surface area contributed by atoms with E-state index in [-0.39, 0.29) is 0 Å². The first kappa shape index (κ1) is 15.2. The van der Waals surface area contributed by atoms with E-state index in [1.54, 1.807) is 6.20 Å². The lowest BCUT2D eigenvalue weighted by molar-refractivity contribution is -0.144. The molecule has 0 radical (unpaired) electrons. The quantitative estimate of drug-likeness (QED) is 0.748. The molecule has 1 atom stereocenters. The lowest BCUT2D eigenvalue weighted by Crippen LogP contribution is -2.38. The molecule has 1 aliphatic rings. The molecule has 4 N–H and O–H groups in total. The molecule has 2 aromatic rings. The van der Waals surface area contributed by atoms with E-state index in [1.807, 2.05) is 35.2 Å². The van der Waals surface area contributed by atoms with Gasteiger partial charge in [0.1, 0.15) is 11.9 Å². The number of fused-ring (bicyclic) bond motifs is 1. The Labute approximate surface area is 134 Å². The highest BCUT2D eigenvalue weighted by Crippen LogP contribution is 2.30. The summed E-state index contributed by atoms with van der Waals surface area (Å²) in [5.41, 5.74) is 9.17. The van der Waals surface area contributed by atoms with E-state index in [9.17, 15) is 9.90 Å². The first-order valence-electron chi connectivity index (χ1n) is 7.40. The maximum atomic E-state index is 11.8. The van der Waals surface area contributed by atoms with E-state index < -0.39 is 12.0 Å². The molecule has 1 aliphatic heterocycles. The van der Waals surface area contributed by atoms with Crippen LogP contribution in [0.25, 0.3) is 0 Å². The summed E-state index contributed by atoms with van der Waals surface area (Å²) < 4.78 is 0. The summed E-state index contributed by atoms with van der Waals surface area (Å²) in [6, 6.07) is 8.54.